The van der Waals surface area contributed by atoms with Crippen LogP contribution >= 0.6 is 0 Å². The molecule has 0 aromatic heterocycles. The molecule has 0 aliphatic carbocycles. The minimum atomic E-state index is -0.511. The zero-order valence-corrected chi connectivity index (χ0v) is 18.4. The second-order valence-electron chi connectivity index (χ2n) is 8.72. The van der Waals surface area contributed by atoms with E-state index in [4.69, 9.17) is 0 Å². The van der Waals surface area contributed by atoms with Crippen LogP contribution in [0.4, 0.5) is 0 Å². The lowest BCUT2D eigenvalue weighted by Crippen LogP contribution is -2.53. The molecule has 2 amide bonds. The molecule has 0 fully saturated rings. The molecule has 0 unspecified atom stereocenters. The van der Waals surface area contributed by atoms with Crippen LogP contribution in [0.25, 0.3) is 0 Å². The topological polar surface area (TPSA) is 49.4 Å². The summed E-state index contributed by atoms with van der Waals surface area (Å²) in [7, 11) is 0. The zero-order chi connectivity index (χ0) is 21.4. The van der Waals surface area contributed by atoms with Crippen molar-refractivity contribution in [1.29, 1.82) is 0 Å². The molecule has 0 radical (unpaired) electrons. The summed E-state index contributed by atoms with van der Waals surface area (Å²) in [5, 5.41) is 3.00. The van der Waals surface area contributed by atoms with E-state index in [1.165, 1.54) is 5.56 Å². The van der Waals surface area contributed by atoms with Crippen molar-refractivity contribution in [1.82, 2.24) is 10.2 Å². The number of aryl methyl sites for hydroxylation is 2. The summed E-state index contributed by atoms with van der Waals surface area (Å²) in [6.07, 6.45) is 1.80. The second kappa shape index (κ2) is 10.2. The van der Waals surface area contributed by atoms with E-state index in [1.807, 2.05) is 45.9 Å². The number of hydrogen-bond donors (Lipinski definition) is 1. The first-order valence-corrected chi connectivity index (χ1v) is 10.4. The summed E-state index contributed by atoms with van der Waals surface area (Å²) in [5.41, 5.74) is 3.17. The van der Waals surface area contributed by atoms with E-state index in [9.17, 15) is 9.59 Å². The Kier molecular flexibility index (Phi) is 8.00. The van der Waals surface area contributed by atoms with Gasteiger partial charge in [0.05, 0.1) is 0 Å². The van der Waals surface area contributed by atoms with Gasteiger partial charge in [-0.25, -0.2) is 0 Å². The summed E-state index contributed by atoms with van der Waals surface area (Å²) in [6.45, 7) is 10.2. The van der Waals surface area contributed by atoms with Gasteiger partial charge in [-0.1, -0.05) is 60.2 Å². The van der Waals surface area contributed by atoms with Gasteiger partial charge in [-0.3, -0.25) is 9.59 Å². The van der Waals surface area contributed by atoms with Gasteiger partial charge in [0.1, 0.15) is 6.04 Å². The van der Waals surface area contributed by atoms with Crippen molar-refractivity contribution in [2.24, 2.45) is 0 Å². The lowest BCUT2D eigenvalue weighted by atomic mass is 10.1. The highest BCUT2D eigenvalue weighted by Gasteiger charge is 2.27. The molecule has 2 rings (SSSR count). The standard InChI is InChI=1S/C25H34N2O2/c1-19-11-13-22(14-12-19)15-16-23(28)27(18-17-21-9-7-6-8-10-21)20(2)24(29)26-25(3,4)5/h6-14,20H,15-18H2,1-5H3,(H,26,29)/t20-/m0/s1. The van der Waals surface area contributed by atoms with Gasteiger partial charge in [-0.15, -0.1) is 0 Å². The van der Waals surface area contributed by atoms with E-state index < -0.39 is 6.04 Å². The summed E-state index contributed by atoms with van der Waals surface area (Å²) in [4.78, 5) is 27.5. The van der Waals surface area contributed by atoms with Gasteiger partial charge in [0.25, 0.3) is 0 Å². The van der Waals surface area contributed by atoms with Crippen molar-refractivity contribution in [2.75, 3.05) is 6.54 Å². The third-order valence-electron chi connectivity index (χ3n) is 4.90. The van der Waals surface area contributed by atoms with E-state index >= 15 is 0 Å². The predicted molar refractivity (Wildman–Crippen MR) is 119 cm³/mol. The number of hydrogen-bond acceptors (Lipinski definition) is 2. The van der Waals surface area contributed by atoms with Crippen LogP contribution in [0.2, 0.25) is 0 Å². The third kappa shape index (κ3) is 7.72. The molecular weight excluding hydrogens is 360 g/mol. The lowest BCUT2D eigenvalue weighted by molar-refractivity contribution is -0.140. The molecule has 156 valence electrons. The number of amides is 2. The van der Waals surface area contributed by atoms with Crippen LogP contribution in [0.3, 0.4) is 0 Å². The Hall–Kier alpha value is -2.62. The first-order valence-electron chi connectivity index (χ1n) is 10.4. The molecule has 2 aromatic carbocycles. The van der Waals surface area contributed by atoms with Gasteiger partial charge < -0.3 is 10.2 Å². The number of benzene rings is 2. The minimum Gasteiger partial charge on any atom is -0.350 e. The predicted octanol–water partition coefficient (Wildman–Crippen LogP) is 4.30. The first kappa shape index (κ1) is 22.7. The molecule has 0 saturated heterocycles. The summed E-state index contributed by atoms with van der Waals surface area (Å²) in [6, 6.07) is 17.8. The average Bonchev–Trinajstić information content (AvgIpc) is 2.67. The molecule has 29 heavy (non-hydrogen) atoms. The van der Waals surface area contributed by atoms with E-state index in [-0.39, 0.29) is 17.4 Å². The Morgan fingerprint density at radius 3 is 2.10 bits per heavy atom. The molecule has 4 heteroatoms. The fraction of sp³-hybridized carbons (Fsp3) is 0.440. The lowest BCUT2D eigenvalue weighted by Gasteiger charge is -2.31. The Morgan fingerprint density at radius 2 is 1.52 bits per heavy atom. The van der Waals surface area contributed by atoms with Crippen molar-refractivity contribution in [2.45, 2.75) is 65.5 Å². The number of rotatable bonds is 8. The van der Waals surface area contributed by atoms with E-state index in [1.54, 1.807) is 4.90 Å². The maximum absolute atomic E-state index is 13.1. The molecule has 0 aliphatic heterocycles. The first-order chi connectivity index (χ1) is 13.7. The highest BCUT2D eigenvalue weighted by atomic mass is 16.2. The van der Waals surface area contributed by atoms with Crippen LogP contribution in [-0.4, -0.2) is 34.8 Å². The van der Waals surface area contributed by atoms with Crippen LogP contribution < -0.4 is 5.32 Å². The van der Waals surface area contributed by atoms with Gasteiger partial charge in [-0.2, -0.15) is 0 Å². The normalized spacial score (nSPS) is 12.3. The van der Waals surface area contributed by atoms with Crippen LogP contribution in [0.5, 0.6) is 0 Å². The fourth-order valence-electron chi connectivity index (χ4n) is 3.19. The van der Waals surface area contributed by atoms with E-state index in [0.29, 0.717) is 19.4 Å². The Bertz CT molecular complexity index is 792. The van der Waals surface area contributed by atoms with Crippen LogP contribution in [-0.2, 0) is 22.4 Å². The maximum Gasteiger partial charge on any atom is 0.242 e. The summed E-state index contributed by atoms with van der Waals surface area (Å²) in [5.74, 6) is -0.104. The van der Waals surface area contributed by atoms with Gasteiger partial charge in [0, 0.05) is 18.5 Å². The van der Waals surface area contributed by atoms with Crippen LogP contribution in [0.1, 0.15) is 50.8 Å². The molecular formula is C25H34N2O2. The molecule has 0 saturated carbocycles. The van der Waals surface area contributed by atoms with Crippen molar-refractivity contribution >= 4 is 11.8 Å². The molecule has 0 heterocycles. The molecule has 0 aliphatic rings. The molecule has 0 bridgehead atoms. The highest BCUT2D eigenvalue weighted by Crippen LogP contribution is 2.12. The molecule has 0 spiro atoms. The number of carbonyl (C=O) groups excluding carboxylic acids is 2. The largest absolute Gasteiger partial charge is 0.350 e. The third-order valence-corrected chi connectivity index (χ3v) is 4.90. The van der Waals surface area contributed by atoms with Gasteiger partial charge in [0.2, 0.25) is 11.8 Å². The fourth-order valence-corrected chi connectivity index (χ4v) is 3.19. The Morgan fingerprint density at radius 1 is 0.931 bits per heavy atom. The molecule has 4 nitrogen and oxygen atoms in total. The van der Waals surface area contributed by atoms with Crippen molar-refractivity contribution in [3.8, 4) is 0 Å². The van der Waals surface area contributed by atoms with Crippen molar-refractivity contribution in [3.05, 3.63) is 71.3 Å². The number of carbonyl (C=O) groups is 2. The molecule has 1 atom stereocenters. The Labute approximate surface area is 175 Å². The van der Waals surface area contributed by atoms with Crippen molar-refractivity contribution in [3.63, 3.8) is 0 Å². The van der Waals surface area contributed by atoms with Crippen molar-refractivity contribution < 1.29 is 9.59 Å². The van der Waals surface area contributed by atoms with E-state index in [0.717, 1.165) is 17.5 Å². The van der Waals surface area contributed by atoms with E-state index in [2.05, 4.69) is 48.6 Å². The monoisotopic (exact) mass is 394 g/mol. The number of nitrogens with one attached hydrogen (secondary N) is 1. The number of nitrogens with zero attached hydrogens (tertiary/aromatic N) is 1. The molecule has 2 aromatic rings. The van der Waals surface area contributed by atoms with Gasteiger partial charge >= 0.3 is 0 Å². The summed E-state index contributed by atoms with van der Waals surface area (Å²) < 4.78 is 0. The SMILES string of the molecule is Cc1ccc(CCC(=O)N(CCc2ccccc2)[C@@H](C)C(=O)NC(C)(C)C)cc1. The van der Waals surface area contributed by atoms with Crippen LogP contribution in [0, 0.1) is 6.92 Å². The second-order valence-corrected chi connectivity index (χ2v) is 8.72. The smallest absolute Gasteiger partial charge is 0.242 e. The van der Waals surface area contributed by atoms with Gasteiger partial charge in [0.15, 0.2) is 0 Å². The molecule has 1 N–H and O–H groups in total. The maximum atomic E-state index is 13.1. The highest BCUT2D eigenvalue weighted by molar-refractivity contribution is 5.87. The van der Waals surface area contributed by atoms with Crippen LogP contribution in [0.15, 0.2) is 54.6 Å². The zero-order valence-electron chi connectivity index (χ0n) is 18.4. The quantitative estimate of drug-likeness (QED) is 0.726. The van der Waals surface area contributed by atoms with Gasteiger partial charge in [-0.05, 0) is 58.6 Å². The average molecular weight is 395 g/mol. The minimum absolute atomic E-state index is 0.0121. The Balaban J connectivity index is 2.07. The summed E-state index contributed by atoms with van der Waals surface area (Å²) >= 11 is 0.